The minimum absolute atomic E-state index is 0.204. The summed E-state index contributed by atoms with van der Waals surface area (Å²) in [5, 5.41) is 6.36. The molecule has 8 heteroatoms. The van der Waals surface area contributed by atoms with E-state index in [-0.39, 0.29) is 6.54 Å². The van der Waals surface area contributed by atoms with E-state index in [9.17, 15) is 9.59 Å². The fourth-order valence-electron chi connectivity index (χ4n) is 2.01. The minimum Gasteiger partial charge on any atom is -0.493 e. The molecule has 0 aromatic heterocycles. The van der Waals surface area contributed by atoms with Gasteiger partial charge in [0.25, 0.3) is 11.8 Å². The Morgan fingerprint density at radius 3 is 2.42 bits per heavy atom. The monoisotopic (exact) mass is 419 g/mol. The Morgan fingerprint density at radius 1 is 1.08 bits per heavy atom. The second kappa shape index (κ2) is 9.57. The number of hydrogen-bond donors (Lipinski definition) is 2. The fourth-order valence-corrected chi connectivity index (χ4v) is 2.27. The maximum Gasteiger partial charge on any atom is 0.259 e. The van der Waals surface area contributed by atoms with E-state index in [2.05, 4.69) is 31.8 Å². The number of hydrogen-bond acceptors (Lipinski definition) is 5. The molecule has 0 radical (unpaired) electrons. The van der Waals surface area contributed by atoms with Crippen LogP contribution in [-0.2, 0) is 4.79 Å². The number of rotatable bonds is 7. The molecule has 2 aromatic carbocycles. The Balaban J connectivity index is 1.84. The van der Waals surface area contributed by atoms with Gasteiger partial charge in [0.1, 0.15) is 0 Å². The topological polar surface area (TPSA) is 89.0 Å². The maximum absolute atomic E-state index is 12.1. The lowest BCUT2D eigenvalue weighted by molar-refractivity contribution is -0.120. The van der Waals surface area contributed by atoms with E-state index >= 15 is 0 Å². The highest BCUT2D eigenvalue weighted by atomic mass is 79.9. The number of ether oxygens (including phenoxy) is 2. The van der Waals surface area contributed by atoms with Crippen LogP contribution in [0.2, 0.25) is 0 Å². The molecule has 0 aliphatic heterocycles. The van der Waals surface area contributed by atoms with E-state index < -0.39 is 11.8 Å². The fraction of sp³-hybridized carbons (Fsp3) is 0.167. The predicted octanol–water partition coefficient (Wildman–Crippen LogP) is 2.35. The Bertz CT molecular complexity index is 807. The summed E-state index contributed by atoms with van der Waals surface area (Å²) in [7, 11) is 2.99. The third-order valence-electron chi connectivity index (χ3n) is 3.33. The van der Waals surface area contributed by atoms with Gasteiger partial charge in [-0.15, -0.1) is 0 Å². The van der Waals surface area contributed by atoms with Crippen molar-refractivity contribution >= 4 is 34.0 Å². The first-order valence-electron chi connectivity index (χ1n) is 7.61. The smallest absolute Gasteiger partial charge is 0.259 e. The van der Waals surface area contributed by atoms with E-state index in [1.807, 2.05) is 24.3 Å². The highest BCUT2D eigenvalue weighted by Crippen LogP contribution is 2.27. The molecule has 26 heavy (non-hydrogen) atoms. The van der Waals surface area contributed by atoms with Crippen LogP contribution < -0.4 is 20.2 Å². The highest BCUT2D eigenvalue weighted by molar-refractivity contribution is 9.10. The van der Waals surface area contributed by atoms with Gasteiger partial charge in [0.2, 0.25) is 0 Å². The molecular formula is C18H18BrN3O4. The van der Waals surface area contributed by atoms with Gasteiger partial charge in [-0.05, 0) is 35.9 Å². The molecule has 2 N–H and O–H groups in total. The van der Waals surface area contributed by atoms with Gasteiger partial charge in [0.05, 0.1) is 27.0 Å². The summed E-state index contributed by atoms with van der Waals surface area (Å²) < 4.78 is 11.2. The predicted molar refractivity (Wildman–Crippen MR) is 102 cm³/mol. The molecule has 0 atom stereocenters. The maximum atomic E-state index is 12.1. The molecule has 0 aliphatic rings. The Labute approximate surface area is 159 Å². The number of amides is 2. The Kier molecular flexibility index (Phi) is 7.16. The van der Waals surface area contributed by atoms with E-state index in [0.717, 1.165) is 10.0 Å². The SMILES string of the molecule is COc1ccc(C(=O)NCC(=O)N/N=C\c2ccc(Br)cc2)cc1OC. The van der Waals surface area contributed by atoms with Crippen molar-refractivity contribution < 1.29 is 19.1 Å². The van der Waals surface area contributed by atoms with Crippen molar-refractivity contribution in [1.82, 2.24) is 10.7 Å². The Morgan fingerprint density at radius 2 is 1.77 bits per heavy atom. The molecule has 0 bridgehead atoms. The average Bonchev–Trinajstić information content (AvgIpc) is 2.67. The quantitative estimate of drug-likeness (QED) is 0.532. The minimum atomic E-state index is -0.438. The third-order valence-corrected chi connectivity index (χ3v) is 3.86. The first-order chi connectivity index (χ1) is 12.5. The zero-order valence-corrected chi connectivity index (χ0v) is 15.9. The molecule has 0 saturated heterocycles. The summed E-state index contributed by atoms with van der Waals surface area (Å²) in [5.41, 5.74) is 3.54. The zero-order valence-electron chi connectivity index (χ0n) is 14.3. The van der Waals surface area contributed by atoms with Crippen molar-refractivity contribution in [3.8, 4) is 11.5 Å². The molecule has 0 spiro atoms. The number of carbonyl (C=O) groups excluding carboxylic acids is 2. The van der Waals surface area contributed by atoms with Gasteiger partial charge in [-0.1, -0.05) is 28.1 Å². The van der Waals surface area contributed by atoms with Crippen LogP contribution in [0.3, 0.4) is 0 Å². The molecule has 0 heterocycles. The molecule has 2 rings (SSSR count). The number of hydrazone groups is 1. The second-order valence-electron chi connectivity index (χ2n) is 5.10. The van der Waals surface area contributed by atoms with E-state index in [0.29, 0.717) is 17.1 Å². The van der Waals surface area contributed by atoms with Gasteiger partial charge < -0.3 is 14.8 Å². The molecule has 0 fully saturated rings. The van der Waals surface area contributed by atoms with Gasteiger partial charge in [-0.2, -0.15) is 5.10 Å². The van der Waals surface area contributed by atoms with Crippen molar-refractivity contribution in [3.63, 3.8) is 0 Å². The van der Waals surface area contributed by atoms with E-state index in [1.54, 1.807) is 12.1 Å². The van der Waals surface area contributed by atoms with Crippen LogP contribution in [0.5, 0.6) is 11.5 Å². The molecule has 2 amide bonds. The number of nitrogens with zero attached hydrogens (tertiary/aromatic N) is 1. The van der Waals surface area contributed by atoms with Crippen LogP contribution in [0.15, 0.2) is 52.0 Å². The van der Waals surface area contributed by atoms with Crippen LogP contribution in [-0.4, -0.2) is 38.8 Å². The van der Waals surface area contributed by atoms with Crippen molar-refractivity contribution in [2.75, 3.05) is 20.8 Å². The van der Waals surface area contributed by atoms with Crippen LogP contribution in [0.1, 0.15) is 15.9 Å². The third kappa shape index (κ3) is 5.59. The number of methoxy groups -OCH3 is 2. The van der Waals surface area contributed by atoms with Crippen molar-refractivity contribution in [2.45, 2.75) is 0 Å². The number of benzene rings is 2. The van der Waals surface area contributed by atoms with Crippen LogP contribution in [0.25, 0.3) is 0 Å². The van der Waals surface area contributed by atoms with E-state index in [1.165, 1.54) is 26.5 Å². The van der Waals surface area contributed by atoms with Gasteiger partial charge in [0, 0.05) is 10.0 Å². The molecule has 0 aliphatic carbocycles. The summed E-state index contributed by atoms with van der Waals surface area (Å²) in [5.74, 6) is 0.109. The number of carbonyl (C=O) groups is 2. The summed E-state index contributed by atoms with van der Waals surface area (Å²) in [6.45, 7) is -0.204. The second-order valence-corrected chi connectivity index (χ2v) is 6.01. The number of halogens is 1. The molecular weight excluding hydrogens is 402 g/mol. The lowest BCUT2D eigenvalue weighted by Gasteiger charge is -2.09. The lowest BCUT2D eigenvalue weighted by atomic mass is 10.2. The van der Waals surface area contributed by atoms with E-state index in [4.69, 9.17) is 9.47 Å². The van der Waals surface area contributed by atoms with Crippen molar-refractivity contribution in [2.24, 2.45) is 5.10 Å². The summed E-state index contributed by atoms with van der Waals surface area (Å²) in [6, 6.07) is 12.2. The average molecular weight is 420 g/mol. The molecule has 136 valence electrons. The van der Waals surface area contributed by atoms with Crippen LogP contribution in [0, 0.1) is 0 Å². The largest absolute Gasteiger partial charge is 0.493 e. The van der Waals surface area contributed by atoms with Gasteiger partial charge >= 0.3 is 0 Å². The molecule has 0 saturated carbocycles. The van der Waals surface area contributed by atoms with Gasteiger partial charge in [-0.3, -0.25) is 9.59 Å². The Hall–Kier alpha value is -2.87. The van der Waals surface area contributed by atoms with Crippen molar-refractivity contribution in [1.29, 1.82) is 0 Å². The lowest BCUT2D eigenvalue weighted by Crippen LogP contribution is -2.34. The molecule has 0 unspecified atom stereocenters. The van der Waals surface area contributed by atoms with Crippen LogP contribution >= 0.6 is 15.9 Å². The molecule has 2 aromatic rings. The summed E-state index contributed by atoms with van der Waals surface area (Å²) in [6.07, 6.45) is 1.51. The zero-order chi connectivity index (χ0) is 18.9. The first kappa shape index (κ1) is 19.5. The standard InChI is InChI=1S/C18H18BrN3O4/c1-25-15-8-5-13(9-16(15)26-2)18(24)20-11-17(23)22-21-10-12-3-6-14(19)7-4-12/h3-10H,11H2,1-2H3,(H,20,24)(H,22,23)/b21-10-. The van der Waals surface area contributed by atoms with Gasteiger partial charge in [0.15, 0.2) is 11.5 Å². The van der Waals surface area contributed by atoms with Crippen LogP contribution in [0.4, 0.5) is 0 Å². The molecule has 7 nitrogen and oxygen atoms in total. The van der Waals surface area contributed by atoms with Crippen molar-refractivity contribution in [3.05, 3.63) is 58.1 Å². The first-order valence-corrected chi connectivity index (χ1v) is 8.40. The van der Waals surface area contributed by atoms with Gasteiger partial charge in [-0.25, -0.2) is 5.43 Å². The number of nitrogens with one attached hydrogen (secondary N) is 2. The normalized spacial score (nSPS) is 10.4. The summed E-state index contributed by atoms with van der Waals surface area (Å²) in [4.78, 5) is 23.9. The highest BCUT2D eigenvalue weighted by Gasteiger charge is 2.11. The summed E-state index contributed by atoms with van der Waals surface area (Å²) >= 11 is 3.34.